The summed E-state index contributed by atoms with van der Waals surface area (Å²) in [5, 5.41) is 15.0. The Balaban J connectivity index is 1.86. The van der Waals surface area contributed by atoms with Crippen LogP contribution in [0.2, 0.25) is 0 Å². The van der Waals surface area contributed by atoms with Gasteiger partial charge in [0.15, 0.2) is 0 Å². The molecule has 3 N–H and O–H groups in total. The molecule has 1 unspecified atom stereocenters. The molecule has 0 bridgehead atoms. The van der Waals surface area contributed by atoms with E-state index in [2.05, 4.69) is 15.6 Å². The van der Waals surface area contributed by atoms with Crippen LogP contribution in [0.25, 0.3) is 0 Å². The van der Waals surface area contributed by atoms with E-state index in [1.165, 1.54) is 0 Å². The third-order valence-corrected chi connectivity index (χ3v) is 2.83. The standard InChI is InChI=1S/C16H19N3O2/c1-12(20)10-17-15-8-7-14(11-18-15)19-16(21)9-13-5-3-2-4-6-13/h2-8,11-12,20H,9-10H2,1H3,(H,17,18)(H,19,21). The molecule has 5 nitrogen and oxygen atoms in total. The van der Waals surface area contributed by atoms with E-state index in [9.17, 15) is 9.90 Å². The predicted molar refractivity (Wildman–Crippen MR) is 83.2 cm³/mol. The summed E-state index contributed by atoms with van der Waals surface area (Å²) in [4.78, 5) is 16.1. The van der Waals surface area contributed by atoms with E-state index in [1.807, 2.05) is 30.3 Å². The van der Waals surface area contributed by atoms with Gasteiger partial charge in [0, 0.05) is 6.54 Å². The Morgan fingerprint density at radius 3 is 2.62 bits per heavy atom. The number of nitrogens with zero attached hydrogens (tertiary/aromatic N) is 1. The van der Waals surface area contributed by atoms with Crippen molar-refractivity contribution in [3.63, 3.8) is 0 Å². The van der Waals surface area contributed by atoms with Crippen LogP contribution in [-0.2, 0) is 11.2 Å². The van der Waals surface area contributed by atoms with Gasteiger partial charge in [-0.15, -0.1) is 0 Å². The Morgan fingerprint density at radius 1 is 1.24 bits per heavy atom. The van der Waals surface area contributed by atoms with E-state index < -0.39 is 6.10 Å². The van der Waals surface area contributed by atoms with E-state index in [-0.39, 0.29) is 5.91 Å². The fraction of sp³-hybridized carbons (Fsp3) is 0.250. The highest BCUT2D eigenvalue weighted by atomic mass is 16.3. The first-order valence-electron chi connectivity index (χ1n) is 6.85. The van der Waals surface area contributed by atoms with Gasteiger partial charge in [0.2, 0.25) is 5.91 Å². The predicted octanol–water partition coefficient (Wildman–Crippen LogP) is 2.06. The number of benzene rings is 1. The Hall–Kier alpha value is -2.40. The van der Waals surface area contributed by atoms with Crippen LogP contribution in [-0.4, -0.2) is 28.6 Å². The zero-order chi connectivity index (χ0) is 15.1. The third kappa shape index (κ3) is 5.24. The number of aliphatic hydroxyl groups excluding tert-OH is 1. The van der Waals surface area contributed by atoms with Crippen LogP contribution in [0, 0.1) is 0 Å². The number of aliphatic hydroxyl groups is 1. The largest absolute Gasteiger partial charge is 0.392 e. The average Bonchev–Trinajstić information content (AvgIpc) is 2.47. The number of nitrogens with one attached hydrogen (secondary N) is 2. The van der Waals surface area contributed by atoms with E-state index in [0.717, 1.165) is 5.56 Å². The second-order valence-electron chi connectivity index (χ2n) is 4.87. The maximum absolute atomic E-state index is 11.9. The monoisotopic (exact) mass is 285 g/mol. The molecule has 1 heterocycles. The summed E-state index contributed by atoms with van der Waals surface area (Å²) < 4.78 is 0. The zero-order valence-electron chi connectivity index (χ0n) is 11.9. The fourth-order valence-corrected chi connectivity index (χ4v) is 1.81. The lowest BCUT2D eigenvalue weighted by atomic mass is 10.1. The lowest BCUT2D eigenvalue weighted by Gasteiger charge is -2.09. The molecular formula is C16H19N3O2. The fourth-order valence-electron chi connectivity index (χ4n) is 1.81. The third-order valence-electron chi connectivity index (χ3n) is 2.83. The minimum atomic E-state index is -0.433. The number of hydrogen-bond acceptors (Lipinski definition) is 4. The van der Waals surface area contributed by atoms with E-state index in [1.54, 1.807) is 25.3 Å². The van der Waals surface area contributed by atoms with Crippen LogP contribution in [0.5, 0.6) is 0 Å². The van der Waals surface area contributed by atoms with E-state index >= 15 is 0 Å². The van der Waals surface area contributed by atoms with Crippen molar-refractivity contribution < 1.29 is 9.90 Å². The molecule has 1 atom stereocenters. The first-order valence-corrected chi connectivity index (χ1v) is 6.85. The number of hydrogen-bond donors (Lipinski definition) is 3. The van der Waals surface area contributed by atoms with Crippen molar-refractivity contribution in [2.75, 3.05) is 17.2 Å². The quantitative estimate of drug-likeness (QED) is 0.759. The molecule has 110 valence electrons. The van der Waals surface area contributed by atoms with Gasteiger partial charge in [0.1, 0.15) is 5.82 Å². The molecule has 0 saturated carbocycles. The number of carbonyl (C=O) groups is 1. The molecule has 1 aromatic carbocycles. The molecule has 5 heteroatoms. The highest BCUT2D eigenvalue weighted by Crippen LogP contribution is 2.10. The van der Waals surface area contributed by atoms with Crippen LogP contribution in [0.4, 0.5) is 11.5 Å². The number of pyridine rings is 1. The maximum atomic E-state index is 11.9. The minimum Gasteiger partial charge on any atom is -0.392 e. The van der Waals surface area contributed by atoms with Crippen LogP contribution in [0.15, 0.2) is 48.7 Å². The van der Waals surface area contributed by atoms with Crippen molar-refractivity contribution in [2.24, 2.45) is 0 Å². The summed E-state index contributed by atoms with van der Waals surface area (Å²) in [5.74, 6) is 0.588. The summed E-state index contributed by atoms with van der Waals surface area (Å²) in [6, 6.07) is 13.1. The van der Waals surface area contributed by atoms with Gasteiger partial charge < -0.3 is 15.7 Å². The van der Waals surface area contributed by atoms with Crippen LogP contribution >= 0.6 is 0 Å². The van der Waals surface area contributed by atoms with Crippen molar-refractivity contribution in [1.82, 2.24) is 4.98 Å². The molecule has 0 aliphatic heterocycles. The Bertz CT molecular complexity index is 568. The summed E-state index contributed by atoms with van der Waals surface area (Å²) in [6.07, 6.45) is 1.49. The molecule has 0 radical (unpaired) electrons. The van der Waals surface area contributed by atoms with Crippen molar-refractivity contribution >= 4 is 17.4 Å². The maximum Gasteiger partial charge on any atom is 0.228 e. The van der Waals surface area contributed by atoms with Crippen molar-refractivity contribution in [1.29, 1.82) is 0 Å². The van der Waals surface area contributed by atoms with E-state index in [0.29, 0.717) is 24.5 Å². The zero-order valence-corrected chi connectivity index (χ0v) is 11.9. The highest BCUT2D eigenvalue weighted by Gasteiger charge is 2.04. The highest BCUT2D eigenvalue weighted by molar-refractivity contribution is 5.92. The van der Waals surface area contributed by atoms with Crippen molar-refractivity contribution in [3.05, 3.63) is 54.2 Å². The summed E-state index contributed by atoms with van der Waals surface area (Å²) in [6.45, 7) is 2.14. The van der Waals surface area contributed by atoms with Crippen LogP contribution in [0.1, 0.15) is 12.5 Å². The lowest BCUT2D eigenvalue weighted by Crippen LogP contribution is -2.16. The molecule has 0 aliphatic rings. The van der Waals surface area contributed by atoms with Crippen LogP contribution in [0.3, 0.4) is 0 Å². The lowest BCUT2D eigenvalue weighted by molar-refractivity contribution is -0.115. The molecular weight excluding hydrogens is 266 g/mol. The molecule has 21 heavy (non-hydrogen) atoms. The number of carbonyl (C=O) groups excluding carboxylic acids is 1. The molecule has 0 spiro atoms. The average molecular weight is 285 g/mol. The molecule has 1 aromatic heterocycles. The molecule has 2 aromatic rings. The number of aromatic nitrogens is 1. The molecule has 2 rings (SSSR count). The van der Waals surface area contributed by atoms with Gasteiger partial charge in [-0.1, -0.05) is 30.3 Å². The number of amides is 1. The van der Waals surface area contributed by atoms with Gasteiger partial charge in [0.25, 0.3) is 0 Å². The van der Waals surface area contributed by atoms with Gasteiger partial charge in [-0.3, -0.25) is 4.79 Å². The van der Waals surface area contributed by atoms with E-state index in [4.69, 9.17) is 0 Å². The SMILES string of the molecule is CC(O)CNc1ccc(NC(=O)Cc2ccccc2)cn1. The molecule has 0 saturated heterocycles. The Morgan fingerprint density at radius 2 is 2.00 bits per heavy atom. The van der Waals surface area contributed by atoms with Gasteiger partial charge >= 0.3 is 0 Å². The summed E-state index contributed by atoms with van der Waals surface area (Å²) >= 11 is 0. The molecule has 1 amide bonds. The minimum absolute atomic E-state index is 0.0762. The number of rotatable bonds is 6. The second-order valence-corrected chi connectivity index (χ2v) is 4.87. The first kappa shape index (κ1) is 15.0. The number of anilines is 2. The smallest absolute Gasteiger partial charge is 0.228 e. The summed E-state index contributed by atoms with van der Waals surface area (Å²) in [5.41, 5.74) is 1.62. The van der Waals surface area contributed by atoms with Gasteiger partial charge in [0.05, 0.1) is 24.4 Å². The normalized spacial score (nSPS) is 11.7. The molecule has 0 aliphatic carbocycles. The topological polar surface area (TPSA) is 74.2 Å². The molecule has 0 fully saturated rings. The van der Waals surface area contributed by atoms with Crippen molar-refractivity contribution in [3.8, 4) is 0 Å². The first-order chi connectivity index (χ1) is 10.1. The van der Waals surface area contributed by atoms with Gasteiger partial charge in [-0.05, 0) is 24.6 Å². The summed E-state index contributed by atoms with van der Waals surface area (Å²) in [7, 11) is 0. The van der Waals surface area contributed by atoms with Crippen LogP contribution < -0.4 is 10.6 Å². The van der Waals surface area contributed by atoms with Gasteiger partial charge in [-0.2, -0.15) is 0 Å². The Labute approximate surface area is 124 Å². The van der Waals surface area contributed by atoms with Crippen molar-refractivity contribution in [2.45, 2.75) is 19.4 Å². The second kappa shape index (κ2) is 7.40. The van der Waals surface area contributed by atoms with Gasteiger partial charge in [-0.25, -0.2) is 4.98 Å². The Kier molecular flexibility index (Phi) is 5.29.